The number of amides is 2. The van der Waals surface area contributed by atoms with E-state index in [1.165, 1.54) is 0 Å². The molecule has 2 amide bonds. The van der Waals surface area contributed by atoms with Crippen molar-refractivity contribution in [1.82, 2.24) is 0 Å². The van der Waals surface area contributed by atoms with Crippen LogP contribution >= 0.6 is 11.6 Å². The highest BCUT2D eigenvalue weighted by Crippen LogP contribution is 2.36. The van der Waals surface area contributed by atoms with Gasteiger partial charge in [0.05, 0.1) is 17.9 Å². The molecule has 0 spiro atoms. The minimum absolute atomic E-state index is 0.0490. The number of nitrogens with zero attached hydrogens (tertiary/aromatic N) is 1. The standard InChI is InChI=1S/C22H22ClNO3/c1-13(2)12-27-17-8-6-16(7-9-17)24-21(25)19(20(23)22(24)26)18-10-5-14(3)11-15(18)4/h5-11,13H,12H2,1-4H3. The summed E-state index contributed by atoms with van der Waals surface area (Å²) in [6.45, 7) is 8.62. The van der Waals surface area contributed by atoms with Gasteiger partial charge in [0.2, 0.25) is 0 Å². The van der Waals surface area contributed by atoms with E-state index in [1.807, 2.05) is 32.0 Å². The molecule has 0 radical (unpaired) electrons. The molecule has 4 nitrogen and oxygen atoms in total. The smallest absolute Gasteiger partial charge is 0.277 e. The molecule has 0 bridgehead atoms. The Labute approximate surface area is 164 Å². The summed E-state index contributed by atoms with van der Waals surface area (Å²) < 4.78 is 5.65. The molecule has 0 aromatic heterocycles. The van der Waals surface area contributed by atoms with Gasteiger partial charge in [0.15, 0.2) is 0 Å². The quantitative estimate of drug-likeness (QED) is 0.692. The van der Waals surface area contributed by atoms with Gasteiger partial charge in [-0.2, -0.15) is 0 Å². The van der Waals surface area contributed by atoms with Crippen molar-refractivity contribution in [2.45, 2.75) is 27.7 Å². The monoisotopic (exact) mass is 383 g/mol. The molecule has 0 aliphatic carbocycles. The number of carbonyl (C=O) groups is 2. The molecular weight excluding hydrogens is 362 g/mol. The van der Waals surface area contributed by atoms with Crippen LogP contribution in [0.1, 0.15) is 30.5 Å². The van der Waals surface area contributed by atoms with Crippen molar-refractivity contribution in [1.29, 1.82) is 0 Å². The summed E-state index contributed by atoms with van der Waals surface area (Å²) in [5.74, 6) is 0.190. The third-order valence-electron chi connectivity index (χ3n) is 4.36. The summed E-state index contributed by atoms with van der Waals surface area (Å²) in [7, 11) is 0. The second-order valence-corrected chi connectivity index (χ2v) is 7.53. The minimum Gasteiger partial charge on any atom is -0.493 e. The lowest BCUT2D eigenvalue weighted by molar-refractivity contribution is -0.119. The molecule has 0 unspecified atom stereocenters. The van der Waals surface area contributed by atoms with Gasteiger partial charge >= 0.3 is 0 Å². The van der Waals surface area contributed by atoms with Crippen LogP contribution in [0.2, 0.25) is 0 Å². The Hall–Kier alpha value is -2.59. The molecule has 2 aromatic rings. The number of benzene rings is 2. The molecule has 140 valence electrons. The van der Waals surface area contributed by atoms with Crippen molar-refractivity contribution in [2.75, 3.05) is 11.5 Å². The maximum Gasteiger partial charge on any atom is 0.277 e. The van der Waals surface area contributed by atoms with Crippen LogP contribution < -0.4 is 9.64 Å². The van der Waals surface area contributed by atoms with Crippen LogP contribution in [0.3, 0.4) is 0 Å². The van der Waals surface area contributed by atoms with Crippen LogP contribution in [-0.4, -0.2) is 18.4 Å². The second-order valence-electron chi connectivity index (χ2n) is 7.15. The molecule has 0 N–H and O–H groups in total. The van der Waals surface area contributed by atoms with Gasteiger partial charge in [-0.3, -0.25) is 9.59 Å². The Morgan fingerprint density at radius 2 is 1.67 bits per heavy atom. The Kier molecular flexibility index (Phi) is 5.38. The SMILES string of the molecule is Cc1ccc(C2=C(Cl)C(=O)N(c3ccc(OCC(C)C)cc3)C2=O)c(C)c1. The lowest BCUT2D eigenvalue weighted by Gasteiger charge is -2.16. The number of hydrogen-bond acceptors (Lipinski definition) is 3. The fourth-order valence-electron chi connectivity index (χ4n) is 3.02. The molecule has 0 saturated heterocycles. The maximum absolute atomic E-state index is 13.0. The van der Waals surface area contributed by atoms with Gasteiger partial charge in [0.25, 0.3) is 11.8 Å². The first-order valence-corrected chi connectivity index (χ1v) is 9.26. The maximum atomic E-state index is 13.0. The van der Waals surface area contributed by atoms with Crippen LogP contribution in [0.5, 0.6) is 5.75 Å². The first-order valence-electron chi connectivity index (χ1n) is 8.88. The molecule has 0 fully saturated rings. The van der Waals surface area contributed by atoms with E-state index in [4.69, 9.17) is 16.3 Å². The molecule has 27 heavy (non-hydrogen) atoms. The van der Waals surface area contributed by atoms with E-state index in [-0.39, 0.29) is 10.6 Å². The van der Waals surface area contributed by atoms with E-state index in [2.05, 4.69) is 13.8 Å². The number of anilines is 1. The number of ether oxygens (including phenoxy) is 1. The first-order chi connectivity index (χ1) is 12.8. The summed E-state index contributed by atoms with van der Waals surface area (Å²) in [5, 5.41) is -0.0490. The highest BCUT2D eigenvalue weighted by Gasteiger charge is 2.39. The van der Waals surface area contributed by atoms with E-state index in [9.17, 15) is 9.59 Å². The van der Waals surface area contributed by atoms with Crippen molar-refractivity contribution < 1.29 is 14.3 Å². The molecule has 2 aromatic carbocycles. The van der Waals surface area contributed by atoms with Crippen molar-refractivity contribution in [3.8, 4) is 5.75 Å². The normalized spacial score (nSPS) is 14.5. The zero-order chi connectivity index (χ0) is 19.7. The number of imide groups is 1. The van der Waals surface area contributed by atoms with E-state index in [0.29, 0.717) is 29.5 Å². The number of hydrogen-bond donors (Lipinski definition) is 0. The fourth-order valence-corrected chi connectivity index (χ4v) is 3.29. The summed E-state index contributed by atoms with van der Waals surface area (Å²) in [6.07, 6.45) is 0. The lowest BCUT2D eigenvalue weighted by atomic mass is 9.99. The summed E-state index contributed by atoms with van der Waals surface area (Å²) in [6, 6.07) is 12.6. The molecule has 3 rings (SSSR count). The van der Waals surface area contributed by atoms with Gasteiger partial charge < -0.3 is 4.74 Å². The van der Waals surface area contributed by atoms with Crippen LogP contribution in [0.4, 0.5) is 5.69 Å². The average molecular weight is 384 g/mol. The molecule has 1 heterocycles. The largest absolute Gasteiger partial charge is 0.493 e. The first kappa shape index (κ1) is 19.2. The third-order valence-corrected chi connectivity index (χ3v) is 4.71. The summed E-state index contributed by atoms with van der Waals surface area (Å²) in [5.41, 5.74) is 3.39. The fraction of sp³-hybridized carbons (Fsp3) is 0.273. The Bertz CT molecular complexity index is 929. The minimum atomic E-state index is -0.507. The molecule has 5 heteroatoms. The van der Waals surface area contributed by atoms with Crippen LogP contribution in [0, 0.1) is 19.8 Å². The zero-order valence-corrected chi connectivity index (χ0v) is 16.6. The van der Waals surface area contributed by atoms with Crippen LogP contribution in [0.25, 0.3) is 5.57 Å². The van der Waals surface area contributed by atoms with Gasteiger partial charge in [-0.1, -0.05) is 49.2 Å². The predicted molar refractivity (Wildman–Crippen MR) is 108 cm³/mol. The highest BCUT2D eigenvalue weighted by atomic mass is 35.5. The molecule has 0 atom stereocenters. The molecular formula is C22H22ClNO3. The van der Waals surface area contributed by atoms with Crippen molar-refractivity contribution in [3.63, 3.8) is 0 Å². The Morgan fingerprint density at radius 1 is 1.00 bits per heavy atom. The van der Waals surface area contributed by atoms with Crippen molar-refractivity contribution in [2.24, 2.45) is 5.92 Å². The molecule has 1 aliphatic rings. The van der Waals surface area contributed by atoms with E-state index >= 15 is 0 Å². The summed E-state index contributed by atoms with van der Waals surface area (Å²) >= 11 is 6.27. The molecule has 1 aliphatic heterocycles. The number of carbonyl (C=O) groups excluding carboxylic acids is 2. The second kappa shape index (κ2) is 7.57. The van der Waals surface area contributed by atoms with Gasteiger partial charge in [-0.05, 0) is 55.2 Å². The van der Waals surface area contributed by atoms with Gasteiger partial charge in [0.1, 0.15) is 10.8 Å². The van der Waals surface area contributed by atoms with E-state index in [1.54, 1.807) is 24.3 Å². The Balaban J connectivity index is 1.89. The number of halogens is 1. The highest BCUT2D eigenvalue weighted by molar-refractivity contribution is 6.60. The predicted octanol–water partition coefficient (Wildman–Crippen LogP) is 4.86. The topological polar surface area (TPSA) is 46.6 Å². The van der Waals surface area contributed by atoms with Gasteiger partial charge in [-0.25, -0.2) is 4.90 Å². The van der Waals surface area contributed by atoms with Crippen LogP contribution in [-0.2, 0) is 9.59 Å². The molecule has 0 saturated carbocycles. The van der Waals surface area contributed by atoms with Crippen LogP contribution in [0.15, 0.2) is 47.5 Å². The number of aryl methyl sites for hydroxylation is 2. The number of rotatable bonds is 5. The van der Waals surface area contributed by atoms with Crippen molar-refractivity contribution >= 4 is 34.7 Å². The van der Waals surface area contributed by atoms with Gasteiger partial charge in [-0.15, -0.1) is 0 Å². The lowest BCUT2D eigenvalue weighted by Crippen LogP contribution is -2.31. The Morgan fingerprint density at radius 3 is 2.26 bits per heavy atom. The third kappa shape index (κ3) is 3.76. The van der Waals surface area contributed by atoms with E-state index < -0.39 is 11.8 Å². The average Bonchev–Trinajstić information content (AvgIpc) is 2.84. The van der Waals surface area contributed by atoms with Gasteiger partial charge in [0, 0.05) is 0 Å². The zero-order valence-electron chi connectivity index (χ0n) is 15.9. The van der Waals surface area contributed by atoms with E-state index in [0.717, 1.165) is 16.0 Å². The summed E-state index contributed by atoms with van der Waals surface area (Å²) in [4.78, 5) is 26.8. The van der Waals surface area contributed by atoms with Crippen molar-refractivity contribution in [3.05, 3.63) is 64.2 Å².